The summed E-state index contributed by atoms with van der Waals surface area (Å²) in [5.74, 6) is 1.36. The number of rotatable bonds is 7. The van der Waals surface area contributed by atoms with E-state index in [4.69, 9.17) is 4.74 Å². The quantitative estimate of drug-likeness (QED) is 0.374. The van der Waals surface area contributed by atoms with Crippen LogP contribution in [0, 0.1) is 5.82 Å². The van der Waals surface area contributed by atoms with E-state index in [0.717, 1.165) is 23.4 Å². The summed E-state index contributed by atoms with van der Waals surface area (Å²) in [6.07, 6.45) is 0. The number of halogens is 2. The van der Waals surface area contributed by atoms with Crippen molar-refractivity contribution in [3.05, 3.63) is 65.5 Å². The van der Waals surface area contributed by atoms with Crippen LogP contribution >= 0.6 is 24.0 Å². The largest absolute Gasteiger partial charge is 0.494 e. The predicted octanol–water partition coefficient (Wildman–Crippen LogP) is 4.10. The molecule has 4 nitrogen and oxygen atoms in total. The van der Waals surface area contributed by atoms with Crippen LogP contribution in [0.4, 0.5) is 4.39 Å². The molecule has 0 aromatic heterocycles. The second kappa shape index (κ2) is 11.7. The van der Waals surface area contributed by atoms with Crippen LogP contribution in [0.25, 0.3) is 0 Å². The SMILES string of the molecule is CCNC(=NCc1ccc(F)cc1)NCc1ccccc1OCC.I. The molecule has 2 rings (SSSR count). The first-order valence-corrected chi connectivity index (χ1v) is 8.20. The number of aliphatic imine (C=N–C) groups is 1. The average molecular weight is 457 g/mol. The van der Waals surface area contributed by atoms with Gasteiger partial charge in [0.1, 0.15) is 11.6 Å². The molecular formula is C19H25FIN3O. The first-order chi connectivity index (χ1) is 11.7. The van der Waals surface area contributed by atoms with E-state index in [1.54, 1.807) is 12.1 Å². The van der Waals surface area contributed by atoms with Gasteiger partial charge in [-0.15, -0.1) is 24.0 Å². The van der Waals surface area contributed by atoms with Gasteiger partial charge >= 0.3 is 0 Å². The summed E-state index contributed by atoms with van der Waals surface area (Å²) >= 11 is 0. The molecule has 0 saturated carbocycles. The Hall–Kier alpha value is -1.83. The third-order valence-electron chi connectivity index (χ3n) is 3.40. The van der Waals surface area contributed by atoms with Crippen molar-refractivity contribution in [3.63, 3.8) is 0 Å². The summed E-state index contributed by atoms with van der Waals surface area (Å²) in [5.41, 5.74) is 2.04. The van der Waals surface area contributed by atoms with E-state index in [1.165, 1.54) is 12.1 Å². The maximum Gasteiger partial charge on any atom is 0.191 e. The number of guanidine groups is 1. The normalized spacial score (nSPS) is 10.8. The van der Waals surface area contributed by atoms with E-state index in [2.05, 4.69) is 15.6 Å². The molecule has 0 unspecified atom stereocenters. The third kappa shape index (κ3) is 7.29. The molecular weight excluding hydrogens is 432 g/mol. The Morgan fingerprint density at radius 3 is 2.44 bits per heavy atom. The maximum atomic E-state index is 12.9. The second-order valence-electron chi connectivity index (χ2n) is 5.22. The van der Waals surface area contributed by atoms with Crippen LogP contribution < -0.4 is 15.4 Å². The van der Waals surface area contributed by atoms with Gasteiger partial charge in [-0.1, -0.05) is 30.3 Å². The van der Waals surface area contributed by atoms with Gasteiger partial charge in [0.05, 0.1) is 13.2 Å². The molecule has 2 N–H and O–H groups in total. The third-order valence-corrected chi connectivity index (χ3v) is 3.40. The van der Waals surface area contributed by atoms with Crippen LogP contribution in [0.1, 0.15) is 25.0 Å². The second-order valence-corrected chi connectivity index (χ2v) is 5.22. The van der Waals surface area contributed by atoms with Crippen molar-refractivity contribution in [2.24, 2.45) is 4.99 Å². The summed E-state index contributed by atoms with van der Waals surface area (Å²) in [7, 11) is 0. The zero-order chi connectivity index (χ0) is 17.2. The highest BCUT2D eigenvalue weighted by molar-refractivity contribution is 14.0. The fraction of sp³-hybridized carbons (Fsp3) is 0.316. The van der Waals surface area contributed by atoms with Crippen LogP contribution in [-0.4, -0.2) is 19.1 Å². The number of hydrogen-bond acceptors (Lipinski definition) is 2. The zero-order valence-corrected chi connectivity index (χ0v) is 16.9. The predicted molar refractivity (Wildman–Crippen MR) is 111 cm³/mol. The van der Waals surface area contributed by atoms with Crippen molar-refractivity contribution in [3.8, 4) is 5.75 Å². The molecule has 0 saturated heterocycles. The highest BCUT2D eigenvalue weighted by Gasteiger charge is 2.04. The molecule has 0 aliphatic carbocycles. The topological polar surface area (TPSA) is 45.7 Å². The Labute approximate surface area is 165 Å². The van der Waals surface area contributed by atoms with Crippen molar-refractivity contribution in [1.29, 1.82) is 0 Å². The molecule has 136 valence electrons. The molecule has 0 fully saturated rings. The molecule has 2 aromatic rings. The van der Waals surface area contributed by atoms with E-state index in [9.17, 15) is 4.39 Å². The lowest BCUT2D eigenvalue weighted by Crippen LogP contribution is -2.36. The highest BCUT2D eigenvalue weighted by Crippen LogP contribution is 2.17. The van der Waals surface area contributed by atoms with Gasteiger partial charge in [-0.25, -0.2) is 9.38 Å². The zero-order valence-electron chi connectivity index (χ0n) is 14.6. The minimum atomic E-state index is -0.236. The lowest BCUT2D eigenvalue weighted by atomic mass is 10.2. The summed E-state index contributed by atoms with van der Waals surface area (Å²) < 4.78 is 18.6. The first-order valence-electron chi connectivity index (χ1n) is 8.20. The molecule has 0 aliphatic heterocycles. The number of nitrogens with one attached hydrogen (secondary N) is 2. The Balaban J connectivity index is 0.00000312. The number of ether oxygens (including phenoxy) is 1. The molecule has 2 aromatic carbocycles. The van der Waals surface area contributed by atoms with Crippen LogP contribution in [-0.2, 0) is 13.1 Å². The van der Waals surface area contributed by atoms with Gasteiger partial charge in [-0.05, 0) is 37.6 Å². The first kappa shape index (κ1) is 21.2. The van der Waals surface area contributed by atoms with E-state index < -0.39 is 0 Å². The fourth-order valence-corrected chi connectivity index (χ4v) is 2.23. The molecule has 0 aliphatic rings. The fourth-order valence-electron chi connectivity index (χ4n) is 2.23. The monoisotopic (exact) mass is 457 g/mol. The van der Waals surface area contributed by atoms with Gasteiger partial charge in [-0.3, -0.25) is 0 Å². The molecule has 0 heterocycles. The Morgan fingerprint density at radius 2 is 1.76 bits per heavy atom. The number of benzene rings is 2. The van der Waals surface area contributed by atoms with Crippen molar-refractivity contribution < 1.29 is 9.13 Å². The Bertz CT molecular complexity index is 662. The lowest BCUT2D eigenvalue weighted by molar-refractivity contribution is 0.336. The summed E-state index contributed by atoms with van der Waals surface area (Å²) in [6, 6.07) is 14.3. The lowest BCUT2D eigenvalue weighted by Gasteiger charge is -2.14. The van der Waals surface area contributed by atoms with Crippen LogP contribution in [0.15, 0.2) is 53.5 Å². The summed E-state index contributed by atoms with van der Waals surface area (Å²) in [4.78, 5) is 4.54. The standard InChI is InChI=1S/C19H24FN3O.HI/c1-3-21-19(22-13-15-9-11-17(20)12-10-15)23-14-16-7-5-6-8-18(16)24-4-2;/h5-12H,3-4,13-14H2,1-2H3,(H2,21,22,23);1H. The number of para-hydroxylation sites is 1. The number of hydrogen-bond donors (Lipinski definition) is 2. The molecule has 6 heteroatoms. The van der Waals surface area contributed by atoms with Gasteiger partial charge in [0.15, 0.2) is 5.96 Å². The van der Waals surface area contributed by atoms with E-state index >= 15 is 0 Å². The minimum Gasteiger partial charge on any atom is -0.494 e. The van der Waals surface area contributed by atoms with Crippen molar-refractivity contribution in [2.75, 3.05) is 13.2 Å². The van der Waals surface area contributed by atoms with Crippen molar-refractivity contribution in [1.82, 2.24) is 10.6 Å². The van der Waals surface area contributed by atoms with Crippen LogP contribution in [0.3, 0.4) is 0 Å². The van der Waals surface area contributed by atoms with Gasteiger partial charge in [0.2, 0.25) is 0 Å². The molecule has 0 atom stereocenters. The molecule has 0 spiro atoms. The van der Waals surface area contributed by atoms with Crippen molar-refractivity contribution >= 4 is 29.9 Å². The molecule has 0 amide bonds. The average Bonchev–Trinajstić information content (AvgIpc) is 2.60. The smallest absolute Gasteiger partial charge is 0.191 e. The highest BCUT2D eigenvalue weighted by atomic mass is 127. The molecule has 25 heavy (non-hydrogen) atoms. The maximum absolute atomic E-state index is 12.9. The van der Waals surface area contributed by atoms with Crippen LogP contribution in [0.5, 0.6) is 5.75 Å². The minimum absolute atomic E-state index is 0. The van der Waals surface area contributed by atoms with Gasteiger partial charge in [-0.2, -0.15) is 0 Å². The molecule has 0 radical (unpaired) electrons. The van der Waals surface area contributed by atoms with Gasteiger partial charge < -0.3 is 15.4 Å². The summed E-state index contributed by atoms with van der Waals surface area (Å²) in [5, 5.41) is 6.51. The van der Waals surface area contributed by atoms with Crippen molar-refractivity contribution in [2.45, 2.75) is 26.9 Å². The van der Waals surface area contributed by atoms with E-state index in [0.29, 0.717) is 25.7 Å². The Kier molecular flexibility index (Phi) is 9.91. The van der Waals surface area contributed by atoms with Crippen LogP contribution in [0.2, 0.25) is 0 Å². The number of nitrogens with zero attached hydrogens (tertiary/aromatic N) is 1. The Morgan fingerprint density at radius 1 is 1.04 bits per heavy atom. The van der Waals surface area contributed by atoms with E-state index in [-0.39, 0.29) is 29.8 Å². The van der Waals surface area contributed by atoms with Gasteiger partial charge in [0.25, 0.3) is 0 Å². The van der Waals surface area contributed by atoms with E-state index in [1.807, 2.05) is 38.1 Å². The van der Waals surface area contributed by atoms with Gasteiger partial charge in [0, 0.05) is 18.7 Å². The summed E-state index contributed by atoms with van der Waals surface area (Å²) in [6.45, 7) is 6.49. The molecule has 0 bridgehead atoms.